The molecule has 0 aliphatic rings. The minimum Gasteiger partial charge on any atom is -0.478 e. The zero-order valence-electron chi connectivity index (χ0n) is 11.1. The van der Waals surface area contributed by atoms with Crippen LogP contribution in [0.1, 0.15) is 34.5 Å². The summed E-state index contributed by atoms with van der Waals surface area (Å²) in [7, 11) is 0. The van der Waals surface area contributed by atoms with Crippen LogP contribution < -0.4 is 5.32 Å². The Morgan fingerprint density at radius 1 is 1.25 bits per heavy atom. The Morgan fingerprint density at radius 3 is 2.70 bits per heavy atom. The van der Waals surface area contributed by atoms with Gasteiger partial charge in [-0.1, -0.05) is 30.3 Å². The lowest BCUT2D eigenvalue weighted by molar-refractivity contribution is 0.0696. The van der Waals surface area contributed by atoms with Gasteiger partial charge in [-0.25, -0.2) is 9.18 Å². The summed E-state index contributed by atoms with van der Waals surface area (Å²) in [6, 6.07) is 13.2. The van der Waals surface area contributed by atoms with E-state index in [9.17, 15) is 9.18 Å². The lowest BCUT2D eigenvalue weighted by atomic mass is 10.1. The topological polar surface area (TPSA) is 49.3 Å². The molecule has 0 aliphatic carbocycles. The van der Waals surface area contributed by atoms with E-state index in [0.29, 0.717) is 12.1 Å². The van der Waals surface area contributed by atoms with Crippen molar-refractivity contribution in [3.63, 3.8) is 0 Å². The summed E-state index contributed by atoms with van der Waals surface area (Å²) in [5.74, 6) is -1.19. The van der Waals surface area contributed by atoms with Gasteiger partial charge in [-0.3, -0.25) is 0 Å². The summed E-state index contributed by atoms with van der Waals surface area (Å²) in [5, 5.41) is 12.1. The first kappa shape index (κ1) is 14.2. The van der Waals surface area contributed by atoms with E-state index < -0.39 is 5.97 Å². The lowest BCUT2D eigenvalue weighted by Gasteiger charge is -2.15. The summed E-state index contributed by atoms with van der Waals surface area (Å²) >= 11 is 0. The van der Waals surface area contributed by atoms with Crippen molar-refractivity contribution in [1.82, 2.24) is 5.32 Å². The zero-order chi connectivity index (χ0) is 14.5. The number of carboxylic acid groups (broad SMARTS) is 1. The number of carbonyl (C=O) groups is 1. The van der Waals surface area contributed by atoms with Gasteiger partial charge in [-0.2, -0.15) is 0 Å². The second-order valence-corrected chi connectivity index (χ2v) is 4.63. The van der Waals surface area contributed by atoms with Crippen LogP contribution in [0.25, 0.3) is 0 Å². The normalized spacial score (nSPS) is 12.1. The number of aromatic carboxylic acids is 1. The maximum Gasteiger partial charge on any atom is 0.335 e. The Hall–Kier alpha value is -2.20. The van der Waals surface area contributed by atoms with Crippen LogP contribution in [-0.2, 0) is 6.54 Å². The fraction of sp³-hybridized carbons (Fsp3) is 0.188. The molecule has 2 N–H and O–H groups in total. The molecule has 0 spiro atoms. The number of nitrogens with one attached hydrogen (secondary N) is 1. The lowest BCUT2D eigenvalue weighted by Crippen LogP contribution is -2.19. The van der Waals surface area contributed by atoms with Crippen molar-refractivity contribution in [2.24, 2.45) is 0 Å². The van der Waals surface area contributed by atoms with Gasteiger partial charge in [0.15, 0.2) is 0 Å². The zero-order valence-corrected chi connectivity index (χ0v) is 11.1. The average molecular weight is 273 g/mol. The molecule has 20 heavy (non-hydrogen) atoms. The first-order valence-electron chi connectivity index (χ1n) is 6.38. The van der Waals surface area contributed by atoms with Crippen LogP contribution >= 0.6 is 0 Å². The molecule has 2 aromatic rings. The predicted molar refractivity (Wildman–Crippen MR) is 75.1 cm³/mol. The third-order valence-electron chi connectivity index (χ3n) is 3.16. The Balaban J connectivity index is 2.04. The smallest absolute Gasteiger partial charge is 0.335 e. The van der Waals surface area contributed by atoms with E-state index in [4.69, 9.17) is 5.11 Å². The van der Waals surface area contributed by atoms with Crippen molar-refractivity contribution < 1.29 is 14.3 Å². The molecule has 2 rings (SSSR count). The summed E-state index contributed by atoms with van der Waals surface area (Å²) in [6.07, 6.45) is 0. The number of benzene rings is 2. The molecule has 0 aliphatic heterocycles. The molecule has 0 fully saturated rings. The van der Waals surface area contributed by atoms with Gasteiger partial charge in [0, 0.05) is 18.2 Å². The van der Waals surface area contributed by atoms with Gasteiger partial charge >= 0.3 is 5.97 Å². The molecule has 3 nitrogen and oxygen atoms in total. The Labute approximate surface area is 117 Å². The van der Waals surface area contributed by atoms with Crippen LogP contribution in [0.2, 0.25) is 0 Å². The minimum absolute atomic E-state index is 0.148. The monoisotopic (exact) mass is 273 g/mol. The minimum atomic E-state index is -0.950. The Bertz CT molecular complexity index is 613. The number of halogens is 1. The van der Waals surface area contributed by atoms with Crippen LogP contribution in [0.3, 0.4) is 0 Å². The second kappa shape index (κ2) is 6.30. The van der Waals surface area contributed by atoms with Crippen LogP contribution in [0.15, 0.2) is 48.5 Å². The highest BCUT2D eigenvalue weighted by Gasteiger charge is 2.10. The summed E-state index contributed by atoms with van der Waals surface area (Å²) < 4.78 is 13.6. The van der Waals surface area contributed by atoms with Gasteiger partial charge in [0.2, 0.25) is 0 Å². The molecule has 104 valence electrons. The molecule has 1 atom stereocenters. The quantitative estimate of drug-likeness (QED) is 0.878. The van der Waals surface area contributed by atoms with Crippen LogP contribution in [0.5, 0.6) is 0 Å². The van der Waals surface area contributed by atoms with Gasteiger partial charge in [0.1, 0.15) is 5.82 Å². The third-order valence-corrected chi connectivity index (χ3v) is 3.16. The van der Waals surface area contributed by atoms with E-state index in [2.05, 4.69) is 5.32 Å². The van der Waals surface area contributed by atoms with Crippen LogP contribution in [0, 0.1) is 5.82 Å². The highest BCUT2D eigenvalue weighted by molar-refractivity contribution is 5.87. The molecule has 4 heteroatoms. The first-order valence-corrected chi connectivity index (χ1v) is 6.38. The second-order valence-electron chi connectivity index (χ2n) is 4.63. The molecule has 0 amide bonds. The number of rotatable bonds is 5. The van der Waals surface area contributed by atoms with E-state index in [-0.39, 0.29) is 17.4 Å². The van der Waals surface area contributed by atoms with Gasteiger partial charge in [0.05, 0.1) is 5.56 Å². The summed E-state index contributed by atoms with van der Waals surface area (Å²) in [6.45, 7) is 2.36. The first-order chi connectivity index (χ1) is 9.58. The maximum absolute atomic E-state index is 13.6. The molecule has 2 aromatic carbocycles. The standard InChI is InChI=1S/C16H16FNO2/c1-11(14-7-2-3-8-15(14)17)18-10-12-5-4-6-13(9-12)16(19)20/h2-9,11,18H,10H2,1H3,(H,19,20)/t11-/m1/s1. The van der Waals surface area contributed by atoms with Gasteiger partial charge in [-0.15, -0.1) is 0 Å². The molecule has 0 unspecified atom stereocenters. The van der Waals surface area contributed by atoms with Crippen LogP contribution in [0.4, 0.5) is 4.39 Å². The molecular formula is C16H16FNO2. The Morgan fingerprint density at radius 2 is 2.00 bits per heavy atom. The number of carboxylic acids is 1. The average Bonchev–Trinajstić information content (AvgIpc) is 2.45. The Kier molecular flexibility index (Phi) is 4.48. The van der Waals surface area contributed by atoms with Crippen molar-refractivity contribution >= 4 is 5.97 Å². The van der Waals surface area contributed by atoms with E-state index in [1.165, 1.54) is 6.07 Å². The highest BCUT2D eigenvalue weighted by Crippen LogP contribution is 2.16. The van der Waals surface area contributed by atoms with E-state index in [0.717, 1.165) is 5.56 Å². The highest BCUT2D eigenvalue weighted by atomic mass is 19.1. The SMILES string of the molecule is C[C@@H](NCc1cccc(C(=O)O)c1)c1ccccc1F. The maximum atomic E-state index is 13.6. The molecule has 0 saturated heterocycles. The summed E-state index contributed by atoms with van der Waals surface area (Å²) in [5.41, 5.74) is 1.71. The van der Waals surface area contributed by atoms with Gasteiger partial charge in [0.25, 0.3) is 0 Å². The van der Waals surface area contributed by atoms with Crippen molar-refractivity contribution in [2.45, 2.75) is 19.5 Å². The molecule has 0 bridgehead atoms. The van der Waals surface area contributed by atoms with Crippen molar-refractivity contribution in [2.75, 3.05) is 0 Å². The van der Waals surface area contributed by atoms with Crippen molar-refractivity contribution in [3.05, 3.63) is 71.0 Å². The van der Waals surface area contributed by atoms with E-state index >= 15 is 0 Å². The third kappa shape index (κ3) is 3.42. The van der Waals surface area contributed by atoms with Gasteiger partial charge in [-0.05, 0) is 30.7 Å². The molecule has 0 heterocycles. The molecule has 0 radical (unpaired) electrons. The van der Waals surface area contributed by atoms with E-state index in [1.54, 1.807) is 36.4 Å². The molecule has 0 saturated carbocycles. The summed E-state index contributed by atoms with van der Waals surface area (Å²) in [4.78, 5) is 10.9. The molecular weight excluding hydrogens is 257 g/mol. The largest absolute Gasteiger partial charge is 0.478 e. The number of hydrogen-bond donors (Lipinski definition) is 2. The predicted octanol–water partition coefficient (Wildman–Crippen LogP) is 3.37. The molecule has 0 aromatic heterocycles. The van der Waals surface area contributed by atoms with E-state index in [1.807, 2.05) is 13.0 Å². The fourth-order valence-electron chi connectivity index (χ4n) is 2.02. The van der Waals surface area contributed by atoms with Crippen molar-refractivity contribution in [1.29, 1.82) is 0 Å². The fourth-order valence-corrected chi connectivity index (χ4v) is 2.02. The number of hydrogen-bond acceptors (Lipinski definition) is 2. The van der Waals surface area contributed by atoms with Gasteiger partial charge < -0.3 is 10.4 Å². The van der Waals surface area contributed by atoms with Crippen LogP contribution in [-0.4, -0.2) is 11.1 Å². The van der Waals surface area contributed by atoms with Crippen molar-refractivity contribution in [3.8, 4) is 0 Å².